The first-order valence-corrected chi connectivity index (χ1v) is 3.68. The van der Waals surface area contributed by atoms with Gasteiger partial charge in [-0.2, -0.15) is 0 Å². The molecule has 0 saturated carbocycles. The minimum atomic E-state index is 0.410. The van der Waals surface area contributed by atoms with E-state index in [1.165, 1.54) is 0 Å². The number of carbonyl (C=O) groups is 1. The van der Waals surface area contributed by atoms with Gasteiger partial charge in [-0.15, -0.1) is 0 Å². The maximum absolute atomic E-state index is 10.9. The van der Waals surface area contributed by atoms with E-state index in [4.69, 9.17) is 0 Å². The average molecular weight is 126 g/mol. The Morgan fingerprint density at radius 1 is 1.56 bits per heavy atom. The number of Topliss-reactive ketones (excluding diaryl/α,β-unsaturated/α-hetero) is 1. The van der Waals surface area contributed by atoms with Crippen molar-refractivity contribution in [3.05, 3.63) is 0 Å². The SMILES string of the molecule is BCCC(=O)CC(C)C. The molecule has 0 spiro atoms. The molecule has 0 aromatic carbocycles. The van der Waals surface area contributed by atoms with E-state index in [9.17, 15) is 4.79 Å². The van der Waals surface area contributed by atoms with E-state index in [2.05, 4.69) is 13.8 Å². The third-order valence-corrected chi connectivity index (χ3v) is 1.16. The molecule has 0 aliphatic carbocycles. The summed E-state index contributed by atoms with van der Waals surface area (Å²) in [5, 5.41) is 0. The number of hydrogen-bond acceptors (Lipinski definition) is 1. The molecule has 0 radical (unpaired) electrons. The Hall–Kier alpha value is -0.265. The van der Waals surface area contributed by atoms with E-state index in [1.54, 1.807) is 0 Å². The minimum Gasteiger partial charge on any atom is -0.300 e. The molecule has 0 bridgehead atoms. The highest BCUT2D eigenvalue weighted by atomic mass is 16.1. The highest BCUT2D eigenvalue weighted by molar-refractivity contribution is 6.10. The molecule has 0 N–H and O–H groups in total. The second kappa shape index (κ2) is 4.60. The molecule has 0 aromatic rings. The van der Waals surface area contributed by atoms with Gasteiger partial charge in [-0.05, 0) is 12.3 Å². The Morgan fingerprint density at radius 2 is 2.11 bits per heavy atom. The van der Waals surface area contributed by atoms with Crippen LogP contribution in [0, 0.1) is 5.92 Å². The molecule has 0 aliphatic rings. The summed E-state index contributed by atoms with van der Waals surface area (Å²) in [6.45, 7) is 4.15. The summed E-state index contributed by atoms with van der Waals surface area (Å²) in [5.74, 6) is 0.941. The van der Waals surface area contributed by atoms with Gasteiger partial charge in [0.15, 0.2) is 0 Å². The molecular formula is C7H15BO. The van der Waals surface area contributed by atoms with Crippen molar-refractivity contribution >= 4 is 13.6 Å². The van der Waals surface area contributed by atoms with Gasteiger partial charge >= 0.3 is 0 Å². The van der Waals surface area contributed by atoms with E-state index in [0.29, 0.717) is 11.7 Å². The summed E-state index contributed by atoms with van der Waals surface area (Å²) in [7, 11) is 2.04. The van der Waals surface area contributed by atoms with Crippen LogP contribution in [0.5, 0.6) is 0 Å². The van der Waals surface area contributed by atoms with Crippen molar-refractivity contribution in [2.24, 2.45) is 5.92 Å². The van der Waals surface area contributed by atoms with Crippen LogP contribution in [-0.2, 0) is 4.79 Å². The van der Waals surface area contributed by atoms with Gasteiger partial charge in [0.1, 0.15) is 13.6 Å². The predicted octanol–water partition coefficient (Wildman–Crippen LogP) is 1.04. The lowest BCUT2D eigenvalue weighted by atomic mass is 9.96. The van der Waals surface area contributed by atoms with Crippen LogP contribution in [0.25, 0.3) is 0 Å². The average Bonchev–Trinajstić information content (AvgIpc) is 1.63. The molecule has 2 heteroatoms. The maximum Gasteiger partial charge on any atom is 0.132 e. The molecule has 0 heterocycles. The van der Waals surface area contributed by atoms with E-state index >= 15 is 0 Å². The smallest absolute Gasteiger partial charge is 0.132 e. The normalized spacial score (nSPS) is 10.1. The van der Waals surface area contributed by atoms with Gasteiger partial charge in [-0.25, -0.2) is 0 Å². The van der Waals surface area contributed by atoms with Gasteiger partial charge in [0, 0.05) is 6.42 Å². The van der Waals surface area contributed by atoms with E-state index in [-0.39, 0.29) is 0 Å². The molecule has 0 fully saturated rings. The van der Waals surface area contributed by atoms with Crippen molar-refractivity contribution in [3.8, 4) is 0 Å². The van der Waals surface area contributed by atoms with Gasteiger partial charge in [0.25, 0.3) is 0 Å². The van der Waals surface area contributed by atoms with Crippen LogP contribution in [0.4, 0.5) is 0 Å². The molecule has 0 amide bonds. The van der Waals surface area contributed by atoms with Crippen molar-refractivity contribution in [1.82, 2.24) is 0 Å². The largest absolute Gasteiger partial charge is 0.300 e. The summed E-state index contributed by atoms with van der Waals surface area (Å²) in [4.78, 5) is 10.9. The Labute approximate surface area is 58.2 Å². The van der Waals surface area contributed by atoms with Crippen LogP contribution in [0.1, 0.15) is 26.7 Å². The third-order valence-electron chi connectivity index (χ3n) is 1.16. The van der Waals surface area contributed by atoms with Crippen molar-refractivity contribution < 1.29 is 4.79 Å². The molecule has 0 unspecified atom stereocenters. The monoisotopic (exact) mass is 126 g/mol. The summed E-state index contributed by atoms with van der Waals surface area (Å²) in [6.07, 6.45) is 2.51. The lowest BCUT2D eigenvalue weighted by Gasteiger charge is -2.00. The third kappa shape index (κ3) is 5.61. The van der Waals surface area contributed by atoms with Gasteiger partial charge < -0.3 is 0 Å². The van der Waals surface area contributed by atoms with Gasteiger partial charge in [-0.3, -0.25) is 4.79 Å². The fourth-order valence-electron chi connectivity index (χ4n) is 0.836. The second-order valence-corrected chi connectivity index (χ2v) is 2.89. The first kappa shape index (κ1) is 8.73. The molecule has 0 aliphatic heterocycles. The van der Waals surface area contributed by atoms with Crippen molar-refractivity contribution in [2.75, 3.05) is 0 Å². The molecular weight excluding hydrogens is 111 g/mol. The fourth-order valence-corrected chi connectivity index (χ4v) is 0.836. The van der Waals surface area contributed by atoms with Crippen LogP contribution < -0.4 is 0 Å². The topological polar surface area (TPSA) is 17.1 Å². The quantitative estimate of drug-likeness (QED) is 0.514. The zero-order chi connectivity index (χ0) is 7.28. The van der Waals surface area contributed by atoms with Crippen LogP contribution >= 0.6 is 0 Å². The molecule has 9 heavy (non-hydrogen) atoms. The lowest BCUT2D eigenvalue weighted by molar-refractivity contribution is -0.119. The number of ketones is 1. The molecule has 0 aromatic heterocycles. The molecule has 1 nitrogen and oxygen atoms in total. The van der Waals surface area contributed by atoms with Gasteiger partial charge in [-0.1, -0.05) is 20.2 Å². The first-order valence-electron chi connectivity index (χ1n) is 3.68. The molecule has 52 valence electrons. The van der Waals surface area contributed by atoms with Crippen LogP contribution in [0.15, 0.2) is 0 Å². The van der Waals surface area contributed by atoms with Gasteiger partial charge in [0.2, 0.25) is 0 Å². The van der Waals surface area contributed by atoms with E-state index < -0.39 is 0 Å². The van der Waals surface area contributed by atoms with Crippen LogP contribution in [-0.4, -0.2) is 13.6 Å². The fraction of sp³-hybridized carbons (Fsp3) is 0.857. The minimum absolute atomic E-state index is 0.410. The summed E-state index contributed by atoms with van der Waals surface area (Å²) >= 11 is 0. The highest BCUT2D eigenvalue weighted by Gasteiger charge is 2.01. The van der Waals surface area contributed by atoms with Crippen LogP contribution in [0.2, 0.25) is 6.32 Å². The number of hydrogen-bond donors (Lipinski definition) is 0. The van der Waals surface area contributed by atoms with Crippen molar-refractivity contribution in [3.63, 3.8) is 0 Å². The second-order valence-electron chi connectivity index (χ2n) is 2.89. The Bertz CT molecular complexity index is 88.9. The number of carbonyl (C=O) groups excluding carboxylic acids is 1. The number of rotatable bonds is 4. The first-order chi connectivity index (χ1) is 4.16. The Balaban J connectivity index is 3.27. The van der Waals surface area contributed by atoms with E-state index in [1.807, 2.05) is 7.85 Å². The summed E-state index contributed by atoms with van der Waals surface area (Å²) in [5.41, 5.74) is 0. The zero-order valence-corrected chi connectivity index (χ0v) is 6.61. The summed E-state index contributed by atoms with van der Waals surface area (Å²) < 4.78 is 0. The Morgan fingerprint density at radius 3 is 2.44 bits per heavy atom. The molecule has 0 atom stereocenters. The standard InChI is InChI=1S/C7H15BO/c1-6(2)5-7(9)3-4-8/h6H,3-5,8H2,1-2H3. The van der Waals surface area contributed by atoms with Crippen LogP contribution in [0.3, 0.4) is 0 Å². The van der Waals surface area contributed by atoms with Gasteiger partial charge in [0.05, 0.1) is 0 Å². The predicted molar refractivity (Wildman–Crippen MR) is 42.4 cm³/mol. The lowest BCUT2D eigenvalue weighted by Crippen LogP contribution is -2.01. The Kier molecular flexibility index (Phi) is 4.46. The molecule has 0 saturated heterocycles. The zero-order valence-electron chi connectivity index (χ0n) is 6.61. The molecule has 0 rings (SSSR count). The summed E-state index contributed by atoms with van der Waals surface area (Å²) in [6, 6.07) is 0. The highest BCUT2D eigenvalue weighted by Crippen LogP contribution is 2.03. The van der Waals surface area contributed by atoms with E-state index in [0.717, 1.165) is 19.2 Å². The van der Waals surface area contributed by atoms with Crippen molar-refractivity contribution in [2.45, 2.75) is 33.0 Å². The van der Waals surface area contributed by atoms with Crippen molar-refractivity contribution in [1.29, 1.82) is 0 Å². The maximum atomic E-state index is 10.9.